The van der Waals surface area contributed by atoms with Gasteiger partial charge in [0.05, 0.1) is 20.3 Å². The summed E-state index contributed by atoms with van der Waals surface area (Å²) in [6.45, 7) is 2.19. The van der Waals surface area contributed by atoms with E-state index in [0.717, 1.165) is 24.3 Å². The summed E-state index contributed by atoms with van der Waals surface area (Å²) in [7, 11) is 3.33. The van der Waals surface area contributed by atoms with Crippen LogP contribution < -0.4 is 14.8 Å². The highest BCUT2D eigenvalue weighted by atomic mass is 16.5. The zero-order valence-electron chi connectivity index (χ0n) is 12.8. The van der Waals surface area contributed by atoms with E-state index in [1.165, 1.54) is 22.4 Å². The van der Waals surface area contributed by atoms with Gasteiger partial charge in [-0.25, -0.2) is 0 Å². The summed E-state index contributed by atoms with van der Waals surface area (Å²) in [5.41, 5.74) is 5.26. The largest absolute Gasteiger partial charge is 0.493 e. The van der Waals surface area contributed by atoms with Crippen LogP contribution in [0.2, 0.25) is 0 Å². The van der Waals surface area contributed by atoms with Gasteiger partial charge in [0.25, 0.3) is 0 Å². The molecule has 0 radical (unpaired) electrons. The molecule has 110 valence electrons. The third-order valence-corrected chi connectivity index (χ3v) is 4.14. The van der Waals surface area contributed by atoms with Crippen molar-refractivity contribution >= 4 is 5.69 Å². The third kappa shape index (κ3) is 2.56. The van der Waals surface area contributed by atoms with Crippen molar-refractivity contribution in [3.8, 4) is 11.5 Å². The zero-order valence-corrected chi connectivity index (χ0v) is 12.8. The van der Waals surface area contributed by atoms with Crippen molar-refractivity contribution in [3.05, 3.63) is 53.1 Å². The summed E-state index contributed by atoms with van der Waals surface area (Å²) in [6, 6.07) is 13.1. The Morgan fingerprint density at radius 3 is 2.57 bits per heavy atom. The SMILES string of the molecule is CCc1ccc2c(c1)CC(c1ccc(OC)c(OC)c1)N2. The highest BCUT2D eigenvalue weighted by molar-refractivity contribution is 5.60. The maximum atomic E-state index is 5.40. The van der Waals surface area contributed by atoms with E-state index in [2.05, 4.69) is 42.6 Å². The maximum Gasteiger partial charge on any atom is 0.161 e. The smallest absolute Gasteiger partial charge is 0.161 e. The van der Waals surface area contributed by atoms with E-state index in [0.29, 0.717) is 6.04 Å². The Morgan fingerprint density at radius 1 is 1.05 bits per heavy atom. The molecule has 1 N–H and O–H groups in total. The summed E-state index contributed by atoms with van der Waals surface area (Å²) in [6.07, 6.45) is 2.09. The molecule has 0 aromatic heterocycles. The van der Waals surface area contributed by atoms with Crippen LogP contribution in [0.15, 0.2) is 36.4 Å². The number of rotatable bonds is 4. The molecule has 1 atom stereocenters. The lowest BCUT2D eigenvalue weighted by molar-refractivity contribution is 0.354. The molecule has 3 heteroatoms. The van der Waals surface area contributed by atoms with Gasteiger partial charge in [0.2, 0.25) is 0 Å². The molecular weight excluding hydrogens is 262 g/mol. The van der Waals surface area contributed by atoms with E-state index in [-0.39, 0.29) is 0 Å². The Hall–Kier alpha value is -2.16. The van der Waals surface area contributed by atoms with E-state index >= 15 is 0 Å². The Balaban J connectivity index is 1.87. The molecule has 0 amide bonds. The first kappa shape index (κ1) is 13.8. The normalized spacial score (nSPS) is 16.2. The molecule has 2 aromatic carbocycles. The van der Waals surface area contributed by atoms with E-state index in [4.69, 9.17) is 9.47 Å². The van der Waals surface area contributed by atoms with Gasteiger partial charge in [0.15, 0.2) is 11.5 Å². The fraction of sp³-hybridized carbons (Fsp3) is 0.333. The molecule has 3 nitrogen and oxygen atoms in total. The number of hydrogen-bond donors (Lipinski definition) is 1. The molecule has 0 bridgehead atoms. The fourth-order valence-electron chi connectivity index (χ4n) is 2.91. The molecule has 0 spiro atoms. The zero-order chi connectivity index (χ0) is 14.8. The van der Waals surface area contributed by atoms with Gasteiger partial charge in [-0.3, -0.25) is 0 Å². The van der Waals surface area contributed by atoms with Crippen molar-refractivity contribution in [2.24, 2.45) is 0 Å². The van der Waals surface area contributed by atoms with Crippen LogP contribution in [0.1, 0.15) is 29.7 Å². The molecule has 3 rings (SSSR count). The number of methoxy groups -OCH3 is 2. The molecule has 1 heterocycles. The molecular formula is C18H21NO2. The van der Waals surface area contributed by atoms with E-state index < -0.39 is 0 Å². The highest BCUT2D eigenvalue weighted by Crippen LogP contribution is 2.37. The summed E-state index contributed by atoms with van der Waals surface area (Å²) >= 11 is 0. The van der Waals surface area contributed by atoms with Gasteiger partial charge in [-0.15, -0.1) is 0 Å². The van der Waals surface area contributed by atoms with Crippen LogP contribution in [0, 0.1) is 0 Å². The van der Waals surface area contributed by atoms with Gasteiger partial charge in [0, 0.05) is 5.69 Å². The number of aryl methyl sites for hydroxylation is 1. The van der Waals surface area contributed by atoms with Crippen LogP contribution in [-0.2, 0) is 12.8 Å². The molecule has 1 aliphatic heterocycles. The molecule has 0 saturated heterocycles. The molecule has 1 aliphatic rings. The van der Waals surface area contributed by atoms with Gasteiger partial charge in [-0.05, 0) is 47.7 Å². The minimum absolute atomic E-state index is 0.298. The standard InChI is InChI=1S/C18H21NO2/c1-4-12-5-7-15-14(9-12)10-16(19-15)13-6-8-17(20-2)18(11-13)21-3/h5-9,11,16,19H,4,10H2,1-3H3. The summed E-state index contributed by atoms with van der Waals surface area (Å²) in [5, 5.41) is 3.59. The first-order valence-corrected chi connectivity index (χ1v) is 7.35. The Bertz CT molecular complexity index is 652. The number of ether oxygens (including phenoxy) is 2. The van der Waals surface area contributed by atoms with Gasteiger partial charge < -0.3 is 14.8 Å². The predicted octanol–water partition coefficient (Wildman–Crippen LogP) is 3.98. The predicted molar refractivity (Wildman–Crippen MR) is 85.4 cm³/mol. The van der Waals surface area contributed by atoms with Crippen molar-refractivity contribution in [1.82, 2.24) is 0 Å². The summed E-state index contributed by atoms with van der Waals surface area (Å²) in [4.78, 5) is 0. The monoisotopic (exact) mass is 283 g/mol. The number of hydrogen-bond acceptors (Lipinski definition) is 3. The minimum atomic E-state index is 0.298. The van der Waals surface area contributed by atoms with Crippen LogP contribution in [0.25, 0.3) is 0 Å². The highest BCUT2D eigenvalue weighted by Gasteiger charge is 2.23. The quantitative estimate of drug-likeness (QED) is 0.920. The lowest BCUT2D eigenvalue weighted by Gasteiger charge is -2.15. The Morgan fingerprint density at radius 2 is 1.86 bits per heavy atom. The lowest BCUT2D eigenvalue weighted by Crippen LogP contribution is -2.06. The van der Waals surface area contributed by atoms with Gasteiger partial charge in [-0.2, -0.15) is 0 Å². The first-order chi connectivity index (χ1) is 10.2. The van der Waals surface area contributed by atoms with Gasteiger partial charge in [-0.1, -0.05) is 25.1 Å². The van der Waals surface area contributed by atoms with E-state index in [9.17, 15) is 0 Å². The average molecular weight is 283 g/mol. The van der Waals surface area contributed by atoms with Gasteiger partial charge in [0.1, 0.15) is 0 Å². The number of benzene rings is 2. The molecule has 21 heavy (non-hydrogen) atoms. The van der Waals surface area contributed by atoms with Gasteiger partial charge >= 0.3 is 0 Å². The third-order valence-electron chi connectivity index (χ3n) is 4.14. The van der Waals surface area contributed by atoms with Crippen molar-refractivity contribution < 1.29 is 9.47 Å². The van der Waals surface area contributed by atoms with Crippen molar-refractivity contribution in [2.45, 2.75) is 25.8 Å². The summed E-state index contributed by atoms with van der Waals surface area (Å²) < 4.78 is 10.7. The van der Waals surface area contributed by atoms with E-state index in [1.807, 2.05) is 6.07 Å². The van der Waals surface area contributed by atoms with Crippen molar-refractivity contribution in [3.63, 3.8) is 0 Å². The summed E-state index contributed by atoms with van der Waals surface area (Å²) in [5.74, 6) is 1.55. The second-order valence-corrected chi connectivity index (χ2v) is 5.36. The van der Waals surface area contributed by atoms with Crippen molar-refractivity contribution in [1.29, 1.82) is 0 Å². The minimum Gasteiger partial charge on any atom is -0.493 e. The van der Waals surface area contributed by atoms with Crippen LogP contribution >= 0.6 is 0 Å². The second-order valence-electron chi connectivity index (χ2n) is 5.36. The maximum absolute atomic E-state index is 5.40. The molecule has 0 fully saturated rings. The Labute approximate surface area is 125 Å². The Kier molecular flexibility index (Phi) is 3.74. The topological polar surface area (TPSA) is 30.5 Å². The molecule has 1 unspecified atom stereocenters. The molecule has 2 aromatic rings. The van der Waals surface area contributed by atoms with Crippen molar-refractivity contribution in [2.75, 3.05) is 19.5 Å². The lowest BCUT2D eigenvalue weighted by atomic mass is 10.0. The number of fused-ring (bicyclic) bond motifs is 1. The van der Waals surface area contributed by atoms with E-state index in [1.54, 1.807) is 14.2 Å². The molecule has 0 aliphatic carbocycles. The van der Waals surface area contributed by atoms with Crippen LogP contribution in [0.4, 0.5) is 5.69 Å². The fourth-order valence-corrected chi connectivity index (χ4v) is 2.91. The first-order valence-electron chi connectivity index (χ1n) is 7.35. The average Bonchev–Trinajstić information content (AvgIpc) is 2.96. The van der Waals surface area contributed by atoms with Crippen LogP contribution in [0.5, 0.6) is 11.5 Å². The molecule has 0 saturated carbocycles. The van der Waals surface area contributed by atoms with Crippen LogP contribution in [-0.4, -0.2) is 14.2 Å². The number of anilines is 1. The number of nitrogens with one attached hydrogen (secondary N) is 1. The second kappa shape index (κ2) is 5.68. The van der Waals surface area contributed by atoms with Crippen LogP contribution in [0.3, 0.4) is 0 Å².